The molecule has 1 heterocycles. The smallest absolute Gasteiger partial charge is 0.337 e. The number of halogens is 3. The molecule has 6 nitrogen and oxygen atoms in total. The first-order valence-corrected chi connectivity index (χ1v) is 10.2. The van der Waals surface area contributed by atoms with Crippen molar-refractivity contribution >= 4 is 57.4 Å². The number of rotatable bonds is 4. The van der Waals surface area contributed by atoms with Gasteiger partial charge in [-0.25, -0.2) is 13.4 Å². The number of anilines is 2. The van der Waals surface area contributed by atoms with Gasteiger partial charge < -0.3 is 10.1 Å². The van der Waals surface area contributed by atoms with E-state index in [4.69, 9.17) is 23.2 Å². The van der Waals surface area contributed by atoms with Crippen molar-refractivity contribution in [2.24, 2.45) is 0 Å². The third-order valence-electron chi connectivity index (χ3n) is 4.05. The topological polar surface area (TPSA) is 75.7 Å². The number of benzene rings is 2. The van der Waals surface area contributed by atoms with Crippen LogP contribution in [-0.2, 0) is 15.7 Å². The molecule has 1 fully saturated rings. The van der Waals surface area contributed by atoms with Crippen molar-refractivity contribution in [2.75, 3.05) is 29.0 Å². The van der Waals surface area contributed by atoms with E-state index >= 15 is 0 Å². The molecule has 0 bridgehead atoms. The van der Waals surface area contributed by atoms with Gasteiger partial charge in [0, 0.05) is 23.0 Å². The second-order valence-electron chi connectivity index (χ2n) is 5.94. The van der Waals surface area contributed by atoms with Gasteiger partial charge in [0.2, 0.25) is 0 Å². The van der Waals surface area contributed by atoms with Crippen LogP contribution >= 0.6 is 23.2 Å². The van der Waals surface area contributed by atoms with Crippen LogP contribution < -0.4 is 9.62 Å². The minimum Gasteiger partial charge on any atom is -0.465 e. The van der Waals surface area contributed by atoms with E-state index in [-0.39, 0.29) is 26.9 Å². The highest BCUT2D eigenvalue weighted by Crippen LogP contribution is 2.30. The third kappa shape index (κ3) is 4.29. The first-order valence-electron chi connectivity index (χ1n) is 8.15. The molecule has 0 saturated carbocycles. The molecule has 0 radical (unpaired) electrons. The zero-order chi connectivity index (χ0) is 20.4. The summed E-state index contributed by atoms with van der Waals surface area (Å²) in [5.74, 6) is -1.64. The predicted octanol–water partition coefficient (Wildman–Crippen LogP) is 4.05. The van der Waals surface area contributed by atoms with Crippen LogP contribution in [0.4, 0.5) is 15.8 Å². The van der Waals surface area contributed by atoms with Crippen LogP contribution in [0, 0.1) is 5.82 Å². The summed E-state index contributed by atoms with van der Waals surface area (Å²) < 4.78 is 32.5. The fourth-order valence-corrected chi connectivity index (χ4v) is 4.47. The Labute approximate surface area is 173 Å². The molecule has 3 rings (SSSR count). The van der Waals surface area contributed by atoms with Crippen molar-refractivity contribution in [2.45, 2.75) is 6.42 Å². The van der Waals surface area contributed by atoms with Crippen LogP contribution in [0.2, 0.25) is 10.0 Å². The Bertz CT molecular complexity index is 986. The van der Waals surface area contributed by atoms with E-state index in [1.807, 2.05) is 0 Å². The molecule has 1 aliphatic heterocycles. The number of ether oxygens (including phenoxy) is 1. The number of hydrogen-bond acceptors (Lipinski definition) is 4. The van der Waals surface area contributed by atoms with E-state index in [0.717, 1.165) is 6.07 Å². The van der Waals surface area contributed by atoms with Gasteiger partial charge in [0.15, 0.2) is 0 Å². The quantitative estimate of drug-likeness (QED) is 0.721. The van der Waals surface area contributed by atoms with Gasteiger partial charge in [0.1, 0.15) is 16.8 Å². The third-order valence-corrected chi connectivity index (χ3v) is 6.17. The van der Waals surface area contributed by atoms with Crippen LogP contribution in [0.25, 0.3) is 0 Å². The Morgan fingerprint density at radius 3 is 2.61 bits per heavy atom. The number of methoxy groups -OCH3 is 1. The fraction of sp³-hybridized carbons (Fsp3) is 0.222. The molecule has 28 heavy (non-hydrogen) atoms. The van der Waals surface area contributed by atoms with Crippen molar-refractivity contribution < 1.29 is 22.9 Å². The lowest BCUT2D eigenvalue weighted by molar-refractivity contribution is 0.0600. The summed E-state index contributed by atoms with van der Waals surface area (Å²) >= 11 is 12.0. The summed E-state index contributed by atoms with van der Waals surface area (Å²) in [6, 6.07) is 6.72. The fourth-order valence-electron chi connectivity index (χ4n) is 2.77. The summed E-state index contributed by atoms with van der Waals surface area (Å²) in [7, 11) is -0.0554. The summed E-state index contributed by atoms with van der Waals surface area (Å²) in [6.45, 7) is 0.492. The standard InChI is InChI=1S/C18H15Cl2FN2O4S/c1-27-18(25)10-5-11(19)7-12(6-10)22-17(24)14-8-13(9-15(21)16(14)20)23-3-2-4-28(23)26/h5-9H,2-4H2,1H3,(H,22,24). The molecular formula is C18H15Cl2FN2O4S. The van der Waals surface area contributed by atoms with Gasteiger partial charge in [0.05, 0.1) is 28.9 Å². The number of carbonyl (C=O) groups excluding carboxylic acids is 2. The minimum absolute atomic E-state index is 0.125. The highest BCUT2D eigenvalue weighted by atomic mass is 35.5. The average Bonchev–Trinajstić information content (AvgIpc) is 3.08. The first kappa shape index (κ1) is 20.6. The maximum Gasteiger partial charge on any atom is 0.337 e. The van der Waals surface area contributed by atoms with E-state index in [0.29, 0.717) is 24.4 Å². The van der Waals surface area contributed by atoms with Crippen LogP contribution in [0.3, 0.4) is 0 Å². The van der Waals surface area contributed by atoms with Crippen molar-refractivity contribution in [3.63, 3.8) is 0 Å². The second-order valence-corrected chi connectivity index (χ2v) is 8.25. The number of nitrogens with zero attached hydrogens (tertiary/aromatic N) is 1. The lowest BCUT2D eigenvalue weighted by Gasteiger charge is -2.18. The van der Waals surface area contributed by atoms with Crippen molar-refractivity contribution in [3.8, 4) is 0 Å². The van der Waals surface area contributed by atoms with Crippen LogP contribution in [-0.4, -0.2) is 35.5 Å². The molecular weight excluding hydrogens is 430 g/mol. The minimum atomic E-state index is -1.28. The van der Waals surface area contributed by atoms with Crippen LogP contribution in [0.1, 0.15) is 27.1 Å². The van der Waals surface area contributed by atoms with Gasteiger partial charge >= 0.3 is 5.97 Å². The van der Waals surface area contributed by atoms with Gasteiger partial charge in [0.25, 0.3) is 5.91 Å². The van der Waals surface area contributed by atoms with Crippen LogP contribution in [0.15, 0.2) is 30.3 Å². The normalized spacial score (nSPS) is 16.1. The Balaban J connectivity index is 1.92. The molecule has 1 aliphatic rings. The molecule has 0 aliphatic carbocycles. The van der Waals surface area contributed by atoms with Crippen molar-refractivity contribution in [3.05, 3.63) is 57.3 Å². The van der Waals surface area contributed by atoms with Crippen molar-refractivity contribution in [1.82, 2.24) is 0 Å². The molecule has 0 aromatic heterocycles. The number of esters is 1. The Morgan fingerprint density at radius 1 is 1.21 bits per heavy atom. The molecule has 2 aromatic carbocycles. The molecule has 1 N–H and O–H groups in total. The van der Waals surface area contributed by atoms with E-state index in [1.54, 1.807) is 0 Å². The van der Waals surface area contributed by atoms with Crippen LogP contribution in [0.5, 0.6) is 0 Å². The molecule has 1 unspecified atom stereocenters. The summed E-state index contributed by atoms with van der Waals surface area (Å²) in [4.78, 5) is 24.4. The number of hydrogen-bond donors (Lipinski definition) is 1. The zero-order valence-electron chi connectivity index (χ0n) is 14.6. The molecule has 1 amide bonds. The van der Waals surface area contributed by atoms with E-state index in [9.17, 15) is 18.2 Å². The van der Waals surface area contributed by atoms with Gasteiger partial charge in [-0.1, -0.05) is 23.2 Å². The van der Waals surface area contributed by atoms with Crippen molar-refractivity contribution in [1.29, 1.82) is 0 Å². The highest BCUT2D eigenvalue weighted by Gasteiger charge is 2.24. The molecule has 1 atom stereocenters. The number of nitrogens with one attached hydrogen (secondary N) is 1. The summed E-state index contributed by atoms with van der Waals surface area (Å²) in [6.07, 6.45) is 0.706. The summed E-state index contributed by atoms with van der Waals surface area (Å²) in [5.41, 5.74) is 0.540. The molecule has 0 spiro atoms. The van der Waals surface area contributed by atoms with Gasteiger partial charge in [-0.2, -0.15) is 0 Å². The Kier molecular flexibility index (Phi) is 6.22. The number of amides is 1. The van der Waals surface area contributed by atoms with Gasteiger partial charge in [-0.3, -0.25) is 9.10 Å². The highest BCUT2D eigenvalue weighted by molar-refractivity contribution is 7.86. The molecule has 1 saturated heterocycles. The summed E-state index contributed by atoms with van der Waals surface area (Å²) in [5, 5.41) is 2.38. The molecule has 10 heteroatoms. The molecule has 2 aromatic rings. The number of carbonyl (C=O) groups is 2. The Hall–Kier alpha value is -2.16. The SMILES string of the molecule is COC(=O)c1cc(Cl)cc(NC(=O)c2cc(N3CCCS3=O)cc(F)c2Cl)c1. The molecule has 148 valence electrons. The van der Waals surface area contributed by atoms with E-state index < -0.39 is 28.7 Å². The van der Waals surface area contributed by atoms with Gasteiger partial charge in [-0.05, 0) is 36.8 Å². The van der Waals surface area contributed by atoms with E-state index in [1.165, 1.54) is 35.7 Å². The lowest BCUT2D eigenvalue weighted by Crippen LogP contribution is -2.21. The monoisotopic (exact) mass is 444 g/mol. The first-order chi connectivity index (χ1) is 13.3. The zero-order valence-corrected chi connectivity index (χ0v) is 17.0. The average molecular weight is 445 g/mol. The maximum absolute atomic E-state index is 14.3. The largest absolute Gasteiger partial charge is 0.465 e. The maximum atomic E-state index is 14.3. The lowest BCUT2D eigenvalue weighted by atomic mass is 10.1. The Morgan fingerprint density at radius 2 is 1.96 bits per heavy atom. The second kappa shape index (κ2) is 8.46. The van der Waals surface area contributed by atoms with Gasteiger partial charge in [-0.15, -0.1) is 0 Å². The van der Waals surface area contributed by atoms with E-state index in [2.05, 4.69) is 10.1 Å². The predicted molar refractivity (Wildman–Crippen MR) is 107 cm³/mol.